The van der Waals surface area contributed by atoms with Crippen molar-refractivity contribution >= 4 is 23.5 Å². The molecule has 0 aliphatic heterocycles. The molecule has 7 nitrogen and oxygen atoms in total. The second-order valence-electron chi connectivity index (χ2n) is 7.71. The van der Waals surface area contributed by atoms with Crippen LogP contribution in [0.5, 0.6) is 5.75 Å². The van der Waals surface area contributed by atoms with Gasteiger partial charge in [-0.3, -0.25) is 0 Å². The number of carbonyl (C=O) groups is 1. The van der Waals surface area contributed by atoms with Crippen LogP contribution in [-0.2, 0) is 11.2 Å². The number of aromatic hydroxyl groups is 1. The zero-order valence-corrected chi connectivity index (χ0v) is 18.3. The second-order valence-corrected chi connectivity index (χ2v) is 8.15. The van der Waals surface area contributed by atoms with Crippen molar-refractivity contribution in [1.82, 2.24) is 15.3 Å². The maximum absolute atomic E-state index is 12.0. The highest BCUT2D eigenvalue weighted by molar-refractivity contribution is 6.30. The van der Waals surface area contributed by atoms with E-state index in [4.69, 9.17) is 16.3 Å². The van der Waals surface area contributed by atoms with Crippen LogP contribution >= 0.6 is 11.6 Å². The molecule has 1 aromatic heterocycles. The molecule has 2 rings (SSSR count). The molecule has 1 heterocycles. The Hall–Kier alpha value is -2.54. The van der Waals surface area contributed by atoms with Crippen LogP contribution in [0.2, 0.25) is 5.02 Å². The maximum atomic E-state index is 12.0. The topological polar surface area (TPSA) is 96.4 Å². The monoisotopic (exact) mass is 420 g/mol. The summed E-state index contributed by atoms with van der Waals surface area (Å²) in [4.78, 5) is 21.0. The minimum atomic E-state index is -0.550. The highest BCUT2D eigenvalue weighted by Crippen LogP contribution is 2.30. The maximum Gasteiger partial charge on any atom is 0.407 e. The molecule has 0 bridgehead atoms. The lowest BCUT2D eigenvalue weighted by molar-refractivity contribution is 0.0506. The summed E-state index contributed by atoms with van der Waals surface area (Å²) < 4.78 is 5.32. The molecule has 0 radical (unpaired) electrons. The number of amides is 1. The number of aromatic nitrogens is 2. The van der Waals surface area contributed by atoms with Crippen molar-refractivity contribution in [2.75, 3.05) is 11.9 Å². The summed E-state index contributed by atoms with van der Waals surface area (Å²) in [7, 11) is 0. The van der Waals surface area contributed by atoms with Crippen molar-refractivity contribution < 1.29 is 14.6 Å². The van der Waals surface area contributed by atoms with E-state index in [2.05, 4.69) is 20.6 Å². The molecular formula is C21H29ClN4O3. The average Bonchev–Trinajstić information content (AvgIpc) is 2.65. The third-order valence-electron chi connectivity index (χ3n) is 4.17. The number of nitrogens with one attached hydrogen (secondary N) is 2. The molecule has 3 N–H and O–H groups in total. The van der Waals surface area contributed by atoms with E-state index in [0.29, 0.717) is 28.8 Å². The summed E-state index contributed by atoms with van der Waals surface area (Å²) in [5.74, 6) is 1.08. The summed E-state index contributed by atoms with van der Waals surface area (Å²) in [5.41, 5.74) is 0.843. The molecule has 158 valence electrons. The molecule has 0 saturated carbocycles. The molecule has 0 aliphatic carbocycles. The Morgan fingerprint density at radius 2 is 2.03 bits per heavy atom. The lowest BCUT2D eigenvalue weighted by Crippen LogP contribution is -2.42. The lowest BCUT2D eigenvalue weighted by atomic mass is 10.1. The Morgan fingerprint density at radius 3 is 2.66 bits per heavy atom. The molecule has 1 aromatic carbocycles. The van der Waals surface area contributed by atoms with Gasteiger partial charge in [-0.05, 0) is 51.8 Å². The number of halogens is 1. The van der Waals surface area contributed by atoms with Gasteiger partial charge in [0, 0.05) is 29.4 Å². The number of nitrogens with zero attached hydrogens (tertiary/aromatic N) is 2. The van der Waals surface area contributed by atoms with Crippen LogP contribution in [-0.4, -0.2) is 39.4 Å². The zero-order chi connectivity index (χ0) is 21.6. The van der Waals surface area contributed by atoms with Gasteiger partial charge in [-0.25, -0.2) is 14.8 Å². The molecule has 2 aromatic rings. The number of phenolic OH excluding ortho intramolecular Hbond substituents is 1. The van der Waals surface area contributed by atoms with Crippen LogP contribution in [0.15, 0.2) is 24.4 Å². The Labute approximate surface area is 176 Å². The Balaban J connectivity index is 2.16. The fraction of sp³-hybridized carbons (Fsp3) is 0.476. The number of anilines is 1. The van der Waals surface area contributed by atoms with E-state index >= 15 is 0 Å². The minimum absolute atomic E-state index is 0.0580. The van der Waals surface area contributed by atoms with Gasteiger partial charge in [-0.1, -0.05) is 25.4 Å². The smallest absolute Gasteiger partial charge is 0.407 e. The highest BCUT2D eigenvalue weighted by atomic mass is 35.5. The van der Waals surface area contributed by atoms with Gasteiger partial charge in [0.2, 0.25) is 0 Å². The first-order valence-corrected chi connectivity index (χ1v) is 10.1. The van der Waals surface area contributed by atoms with E-state index in [1.165, 1.54) is 6.07 Å². The number of phenols is 1. The fourth-order valence-corrected chi connectivity index (χ4v) is 2.80. The van der Waals surface area contributed by atoms with E-state index in [-0.39, 0.29) is 11.8 Å². The molecule has 0 aliphatic rings. The van der Waals surface area contributed by atoms with Crippen LogP contribution in [0, 0.1) is 0 Å². The second kappa shape index (κ2) is 9.78. The summed E-state index contributed by atoms with van der Waals surface area (Å²) in [5, 5.41) is 16.8. The molecule has 29 heavy (non-hydrogen) atoms. The van der Waals surface area contributed by atoms with Crippen molar-refractivity contribution in [3.05, 3.63) is 35.0 Å². The molecule has 1 amide bonds. The van der Waals surface area contributed by atoms with Gasteiger partial charge in [0.1, 0.15) is 17.2 Å². The van der Waals surface area contributed by atoms with E-state index in [1.807, 2.05) is 34.6 Å². The van der Waals surface area contributed by atoms with Gasteiger partial charge in [-0.15, -0.1) is 0 Å². The minimum Gasteiger partial charge on any atom is -0.507 e. The quantitative estimate of drug-likeness (QED) is 0.596. The van der Waals surface area contributed by atoms with Gasteiger partial charge in [0.15, 0.2) is 5.82 Å². The fourth-order valence-electron chi connectivity index (χ4n) is 2.63. The van der Waals surface area contributed by atoms with Crippen LogP contribution < -0.4 is 10.6 Å². The first kappa shape index (κ1) is 22.7. The Bertz CT molecular complexity index is 852. The van der Waals surface area contributed by atoms with Crippen molar-refractivity contribution in [3.8, 4) is 17.1 Å². The van der Waals surface area contributed by atoms with E-state index < -0.39 is 11.7 Å². The molecule has 1 atom stereocenters. The zero-order valence-electron chi connectivity index (χ0n) is 17.5. The van der Waals surface area contributed by atoms with Gasteiger partial charge in [-0.2, -0.15) is 0 Å². The van der Waals surface area contributed by atoms with E-state index in [9.17, 15) is 9.90 Å². The van der Waals surface area contributed by atoms with Gasteiger partial charge in [0.05, 0.1) is 5.56 Å². The normalized spacial score (nSPS) is 12.3. The lowest BCUT2D eigenvalue weighted by Gasteiger charge is -2.23. The van der Waals surface area contributed by atoms with Crippen molar-refractivity contribution in [3.63, 3.8) is 0 Å². The molecule has 0 spiro atoms. The predicted molar refractivity (Wildman–Crippen MR) is 115 cm³/mol. The van der Waals surface area contributed by atoms with Crippen LogP contribution in [0.1, 0.15) is 46.6 Å². The third kappa shape index (κ3) is 6.78. The van der Waals surface area contributed by atoms with E-state index in [1.54, 1.807) is 18.3 Å². The van der Waals surface area contributed by atoms with Crippen molar-refractivity contribution in [1.29, 1.82) is 0 Å². The summed E-state index contributed by atoms with van der Waals surface area (Å²) in [6.45, 7) is 9.95. The number of benzene rings is 1. The number of aryl methyl sites for hydroxylation is 1. The van der Waals surface area contributed by atoms with E-state index in [0.717, 1.165) is 18.4 Å². The summed E-state index contributed by atoms with van der Waals surface area (Å²) >= 11 is 6.05. The number of carbonyl (C=O) groups excluding carboxylic acids is 1. The summed E-state index contributed by atoms with van der Waals surface area (Å²) in [6, 6.07) is 4.61. The van der Waals surface area contributed by atoms with Gasteiger partial charge in [0.25, 0.3) is 0 Å². The average molecular weight is 421 g/mol. The Morgan fingerprint density at radius 1 is 1.31 bits per heavy atom. The largest absolute Gasteiger partial charge is 0.507 e. The number of rotatable bonds is 7. The first-order chi connectivity index (χ1) is 13.6. The molecule has 8 heteroatoms. The van der Waals surface area contributed by atoms with Crippen LogP contribution in [0.25, 0.3) is 11.4 Å². The SMILES string of the molecule is CCc1cnc(-c2cc(Cl)ccc2O)nc1NC[C@@H](CC)NC(=O)OC(C)(C)C. The van der Waals surface area contributed by atoms with Crippen molar-refractivity contribution in [2.45, 2.75) is 59.1 Å². The number of hydrogen-bond acceptors (Lipinski definition) is 6. The number of alkyl carbamates (subject to hydrolysis) is 1. The number of ether oxygens (including phenoxy) is 1. The van der Waals surface area contributed by atoms with Crippen LogP contribution in [0.4, 0.5) is 10.6 Å². The third-order valence-corrected chi connectivity index (χ3v) is 4.41. The molecule has 0 fully saturated rings. The number of hydrogen-bond donors (Lipinski definition) is 3. The molecule has 0 unspecified atom stereocenters. The van der Waals surface area contributed by atoms with Crippen LogP contribution in [0.3, 0.4) is 0 Å². The van der Waals surface area contributed by atoms with Gasteiger partial charge < -0.3 is 20.5 Å². The summed E-state index contributed by atoms with van der Waals surface area (Å²) in [6.07, 6.45) is 2.74. The van der Waals surface area contributed by atoms with Gasteiger partial charge >= 0.3 is 6.09 Å². The highest BCUT2D eigenvalue weighted by Gasteiger charge is 2.19. The molecule has 0 saturated heterocycles. The predicted octanol–water partition coefficient (Wildman–Crippen LogP) is 4.78. The first-order valence-electron chi connectivity index (χ1n) is 9.71. The standard InChI is InChI=1S/C21H29ClN4O3/c1-6-13-11-23-19(16-10-14(22)8-9-17(16)27)26-18(13)24-12-15(7-2)25-20(28)29-21(3,4)5/h8-11,15,27H,6-7,12H2,1-5H3,(H,25,28)(H,23,24,26)/t15-/m1/s1. The van der Waals surface area contributed by atoms with Crippen molar-refractivity contribution in [2.24, 2.45) is 0 Å². The Kier molecular flexibility index (Phi) is 7.67. The molecular weight excluding hydrogens is 392 g/mol.